The molecule has 0 aromatic rings. The van der Waals surface area contributed by atoms with E-state index in [9.17, 15) is 9.59 Å². The molecular weight excluding hydrogens is 212 g/mol. The Bertz CT molecular complexity index is 527. The Kier molecular flexibility index (Phi) is 2.74. The van der Waals surface area contributed by atoms with Crippen molar-refractivity contribution in [2.24, 2.45) is 0 Å². The van der Waals surface area contributed by atoms with Crippen LogP contribution >= 0.6 is 0 Å². The molecule has 0 radical (unpaired) electrons. The Morgan fingerprint density at radius 3 is 2.12 bits per heavy atom. The third kappa shape index (κ3) is 1.74. The second-order valence-corrected chi connectivity index (χ2v) is 4.76. The quantitative estimate of drug-likeness (QED) is 0.510. The summed E-state index contributed by atoms with van der Waals surface area (Å²) >= 11 is 0. The lowest BCUT2D eigenvalue weighted by molar-refractivity contribution is -0.123. The molecule has 0 saturated heterocycles. The van der Waals surface area contributed by atoms with Crippen LogP contribution in [0.5, 0.6) is 0 Å². The molecule has 0 saturated carbocycles. The van der Waals surface area contributed by atoms with Gasteiger partial charge in [0, 0.05) is 11.1 Å². The number of hydrogen-bond donors (Lipinski definition) is 0. The summed E-state index contributed by atoms with van der Waals surface area (Å²) in [7, 11) is 0. The first-order chi connectivity index (χ1) is 7.93. The molecule has 0 bridgehead atoms. The molecule has 0 spiro atoms. The summed E-state index contributed by atoms with van der Waals surface area (Å²) in [4.78, 5) is 23.5. The molecular formula is C15H16O2. The predicted molar refractivity (Wildman–Crippen MR) is 67.5 cm³/mol. The van der Waals surface area contributed by atoms with Crippen molar-refractivity contribution in [3.8, 4) is 0 Å². The second kappa shape index (κ2) is 3.95. The van der Waals surface area contributed by atoms with Crippen LogP contribution in [0.2, 0.25) is 0 Å². The average molecular weight is 228 g/mol. The molecule has 2 aliphatic carbocycles. The van der Waals surface area contributed by atoms with Gasteiger partial charge < -0.3 is 0 Å². The zero-order chi connectivity index (χ0) is 12.7. The van der Waals surface area contributed by atoms with Gasteiger partial charge >= 0.3 is 0 Å². The monoisotopic (exact) mass is 228 g/mol. The summed E-state index contributed by atoms with van der Waals surface area (Å²) in [6, 6.07) is 0. The van der Waals surface area contributed by atoms with Crippen LogP contribution in [0.25, 0.3) is 0 Å². The van der Waals surface area contributed by atoms with E-state index in [4.69, 9.17) is 0 Å². The Balaban J connectivity index is 2.64. The van der Waals surface area contributed by atoms with Gasteiger partial charge in [-0.15, -0.1) is 0 Å². The maximum absolute atomic E-state index is 11.8. The molecule has 0 amide bonds. The van der Waals surface area contributed by atoms with Crippen LogP contribution in [-0.4, -0.2) is 11.6 Å². The third-order valence-corrected chi connectivity index (χ3v) is 3.58. The molecule has 0 unspecified atom stereocenters. The number of carbonyl (C=O) groups excluding carboxylic acids is 2. The highest BCUT2D eigenvalue weighted by Gasteiger charge is 2.31. The summed E-state index contributed by atoms with van der Waals surface area (Å²) in [6.07, 6.45) is 1.83. The number of rotatable bonds is 1. The van der Waals surface area contributed by atoms with Crippen molar-refractivity contribution in [1.82, 2.24) is 0 Å². The van der Waals surface area contributed by atoms with Crippen molar-refractivity contribution in [2.45, 2.75) is 33.1 Å². The average Bonchev–Trinajstić information content (AvgIpc) is 2.58. The lowest BCUT2D eigenvalue weighted by atomic mass is 9.81. The largest absolute Gasteiger partial charge is 0.294 e. The Morgan fingerprint density at radius 2 is 1.59 bits per heavy atom. The summed E-state index contributed by atoms with van der Waals surface area (Å²) in [5.74, 6) is -0.243. The minimum absolute atomic E-state index is 0.0348. The summed E-state index contributed by atoms with van der Waals surface area (Å²) in [5, 5.41) is 0. The van der Waals surface area contributed by atoms with Gasteiger partial charge in [-0.25, -0.2) is 0 Å². The van der Waals surface area contributed by atoms with Crippen molar-refractivity contribution in [1.29, 1.82) is 0 Å². The van der Waals surface area contributed by atoms with E-state index in [-0.39, 0.29) is 18.0 Å². The molecule has 0 aromatic heterocycles. The number of ketones is 2. The number of hydrogen-bond acceptors (Lipinski definition) is 2. The molecule has 88 valence electrons. The third-order valence-electron chi connectivity index (χ3n) is 3.58. The van der Waals surface area contributed by atoms with Gasteiger partial charge in [0.15, 0.2) is 11.6 Å². The van der Waals surface area contributed by atoms with E-state index in [1.807, 2.05) is 6.92 Å². The van der Waals surface area contributed by atoms with Crippen molar-refractivity contribution >= 4 is 11.6 Å². The van der Waals surface area contributed by atoms with Crippen molar-refractivity contribution in [3.05, 3.63) is 46.6 Å². The van der Waals surface area contributed by atoms with Crippen molar-refractivity contribution in [3.63, 3.8) is 0 Å². The van der Waals surface area contributed by atoms with E-state index in [0.717, 1.165) is 29.6 Å². The molecule has 0 fully saturated rings. The Labute approximate surface area is 101 Å². The molecule has 0 aromatic carbocycles. The van der Waals surface area contributed by atoms with E-state index >= 15 is 0 Å². The normalized spacial score (nSPS) is 22.0. The fourth-order valence-electron chi connectivity index (χ4n) is 2.51. The maximum Gasteiger partial charge on any atom is 0.170 e. The number of carbonyl (C=O) groups is 2. The minimum atomic E-state index is -0.157. The molecule has 2 aliphatic rings. The van der Waals surface area contributed by atoms with Crippen LogP contribution in [-0.2, 0) is 9.59 Å². The first-order valence-electron chi connectivity index (χ1n) is 5.78. The first kappa shape index (κ1) is 11.8. The SMILES string of the molecule is C=C1CCC(C)=C1C1=C(C)C(=O)CC(=O)C1=C. The van der Waals surface area contributed by atoms with Gasteiger partial charge in [-0.3, -0.25) is 9.59 Å². The van der Waals surface area contributed by atoms with E-state index in [0.29, 0.717) is 11.1 Å². The van der Waals surface area contributed by atoms with Crippen LogP contribution in [0.1, 0.15) is 33.1 Å². The first-order valence-corrected chi connectivity index (χ1v) is 5.78. The molecule has 0 N–H and O–H groups in total. The maximum atomic E-state index is 11.8. The predicted octanol–water partition coefficient (Wildman–Crippen LogP) is 3.07. The lowest BCUT2D eigenvalue weighted by Crippen LogP contribution is -2.21. The van der Waals surface area contributed by atoms with Crippen LogP contribution in [0.4, 0.5) is 0 Å². The van der Waals surface area contributed by atoms with Gasteiger partial charge in [0.2, 0.25) is 0 Å². The highest BCUT2D eigenvalue weighted by molar-refractivity contribution is 6.20. The molecule has 2 nitrogen and oxygen atoms in total. The standard InChI is InChI=1S/C15H16O2/c1-8-5-6-9(2)14(8)15-10(3)12(16)7-13(17)11(15)4/h1,3,5-7H2,2,4H3. The lowest BCUT2D eigenvalue weighted by Gasteiger charge is -2.21. The van der Waals surface area contributed by atoms with Crippen LogP contribution in [0.15, 0.2) is 46.6 Å². The number of allylic oxidation sites excluding steroid dienone is 6. The van der Waals surface area contributed by atoms with Gasteiger partial charge in [0.1, 0.15) is 0 Å². The second-order valence-electron chi connectivity index (χ2n) is 4.76. The molecule has 0 atom stereocenters. The molecule has 0 aliphatic heterocycles. The molecule has 0 heterocycles. The fraction of sp³-hybridized carbons (Fsp3) is 0.333. The highest BCUT2D eigenvalue weighted by Crippen LogP contribution is 2.40. The highest BCUT2D eigenvalue weighted by atomic mass is 16.1. The summed E-state index contributed by atoms with van der Waals surface area (Å²) in [5.41, 5.74) is 5.08. The Morgan fingerprint density at radius 1 is 0.941 bits per heavy atom. The van der Waals surface area contributed by atoms with Crippen molar-refractivity contribution in [2.75, 3.05) is 0 Å². The smallest absolute Gasteiger partial charge is 0.170 e. The zero-order valence-corrected chi connectivity index (χ0v) is 10.4. The van der Waals surface area contributed by atoms with Gasteiger partial charge in [0.25, 0.3) is 0 Å². The summed E-state index contributed by atoms with van der Waals surface area (Å²) < 4.78 is 0. The fourth-order valence-corrected chi connectivity index (χ4v) is 2.51. The number of Topliss-reactive ketones (excluding diaryl/α,β-unsaturated/α-hetero) is 2. The molecule has 17 heavy (non-hydrogen) atoms. The Hall–Kier alpha value is -1.70. The molecule has 2 heteroatoms. The topological polar surface area (TPSA) is 34.1 Å². The van der Waals surface area contributed by atoms with Gasteiger partial charge in [-0.05, 0) is 43.4 Å². The minimum Gasteiger partial charge on any atom is -0.294 e. The van der Waals surface area contributed by atoms with Gasteiger partial charge in [-0.1, -0.05) is 18.7 Å². The molecule has 2 rings (SSSR count). The van der Waals surface area contributed by atoms with E-state index < -0.39 is 0 Å². The van der Waals surface area contributed by atoms with Crippen LogP contribution in [0, 0.1) is 0 Å². The van der Waals surface area contributed by atoms with E-state index in [2.05, 4.69) is 13.2 Å². The van der Waals surface area contributed by atoms with Crippen molar-refractivity contribution < 1.29 is 9.59 Å². The summed E-state index contributed by atoms with van der Waals surface area (Å²) in [6.45, 7) is 11.7. The van der Waals surface area contributed by atoms with Gasteiger partial charge in [0.05, 0.1) is 6.42 Å². The van der Waals surface area contributed by atoms with E-state index in [1.54, 1.807) is 6.92 Å². The van der Waals surface area contributed by atoms with E-state index in [1.165, 1.54) is 5.57 Å². The van der Waals surface area contributed by atoms with Crippen LogP contribution < -0.4 is 0 Å². The van der Waals surface area contributed by atoms with Crippen LogP contribution in [0.3, 0.4) is 0 Å². The van der Waals surface area contributed by atoms with Gasteiger partial charge in [-0.2, -0.15) is 0 Å². The zero-order valence-electron chi connectivity index (χ0n) is 10.4.